The number of fused-ring (bicyclic) bond motifs is 2. The van der Waals surface area contributed by atoms with Crippen molar-refractivity contribution in [2.75, 3.05) is 0 Å². The van der Waals surface area contributed by atoms with Gasteiger partial charge in [-0.25, -0.2) is 0 Å². The summed E-state index contributed by atoms with van der Waals surface area (Å²) >= 11 is 12.3. The Morgan fingerprint density at radius 1 is 0.677 bits per heavy atom. The fourth-order valence-corrected chi connectivity index (χ4v) is 4.00. The molecule has 0 spiro atoms. The highest BCUT2D eigenvalue weighted by Crippen LogP contribution is 2.45. The second kappa shape index (κ2) is 6.97. The van der Waals surface area contributed by atoms with E-state index < -0.39 is 11.2 Å². The first-order valence-corrected chi connectivity index (χ1v) is 9.78. The van der Waals surface area contributed by atoms with Crippen LogP contribution < -0.4 is 5.43 Å². The fourth-order valence-electron chi connectivity index (χ4n) is 3.50. The molecule has 31 heavy (non-hydrogen) atoms. The highest BCUT2D eigenvalue weighted by molar-refractivity contribution is 6.36. The predicted octanol–water partition coefficient (Wildman–Crippen LogP) is 6.25. The van der Waals surface area contributed by atoms with Gasteiger partial charge in [-0.3, -0.25) is 4.79 Å². The van der Waals surface area contributed by atoms with Crippen molar-refractivity contribution in [3.63, 3.8) is 0 Å². The van der Waals surface area contributed by atoms with Crippen LogP contribution in [0.2, 0.25) is 10.0 Å². The maximum Gasteiger partial charge on any atom is 0.223 e. The predicted molar refractivity (Wildman–Crippen MR) is 117 cm³/mol. The number of hydrogen-bond donors (Lipinski definition) is 3. The summed E-state index contributed by atoms with van der Waals surface area (Å²) in [7, 11) is 0. The first-order valence-electron chi connectivity index (χ1n) is 9.03. The summed E-state index contributed by atoms with van der Waals surface area (Å²) in [6.45, 7) is 0. The van der Waals surface area contributed by atoms with E-state index in [9.17, 15) is 20.1 Å². The van der Waals surface area contributed by atoms with Crippen molar-refractivity contribution >= 4 is 34.2 Å². The molecular weight excluding hydrogens is 443 g/mol. The van der Waals surface area contributed by atoms with Gasteiger partial charge in [0, 0.05) is 39.2 Å². The summed E-state index contributed by atoms with van der Waals surface area (Å²) in [6.07, 6.45) is 0. The number of aromatic hydroxyl groups is 3. The van der Waals surface area contributed by atoms with Crippen LogP contribution in [-0.2, 0) is 0 Å². The Kier molecular flexibility index (Phi) is 4.36. The minimum atomic E-state index is -0.613. The van der Waals surface area contributed by atoms with Crippen molar-refractivity contribution in [1.82, 2.24) is 0 Å². The lowest BCUT2D eigenvalue weighted by Gasteiger charge is -2.14. The van der Waals surface area contributed by atoms with Crippen molar-refractivity contribution in [1.29, 1.82) is 0 Å². The lowest BCUT2D eigenvalue weighted by Crippen LogP contribution is -2.01. The fraction of sp³-hybridized carbons (Fsp3) is 0. The van der Waals surface area contributed by atoms with Crippen LogP contribution in [-0.4, -0.2) is 15.3 Å². The third kappa shape index (κ3) is 3.17. The summed E-state index contributed by atoms with van der Waals surface area (Å²) < 4.78 is 11.8. The van der Waals surface area contributed by atoms with Crippen molar-refractivity contribution in [3.05, 3.63) is 74.9 Å². The molecule has 0 unspecified atom stereocenters. The summed E-state index contributed by atoms with van der Waals surface area (Å²) in [5.41, 5.74) is 1.07. The number of rotatable bonds is 2. The molecule has 2 aromatic carbocycles. The van der Waals surface area contributed by atoms with E-state index in [1.54, 1.807) is 30.3 Å². The molecule has 3 aromatic rings. The second-order valence-corrected chi connectivity index (χ2v) is 7.76. The maximum atomic E-state index is 11.9. The zero-order valence-corrected chi connectivity index (χ0v) is 17.0. The molecule has 5 rings (SSSR count). The summed E-state index contributed by atoms with van der Waals surface area (Å²) in [5, 5.41) is 31.2. The molecular formula is C23H12Cl2O6. The van der Waals surface area contributed by atoms with E-state index in [4.69, 9.17) is 32.0 Å². The Morgan fingerprint density at radius 2 is 1.42 bits per heavy atom. The molecule has 2 aliphatic rings. The standard InChI is InChI=1S/C23H12Cl2O6/c24-10-1-2-11(14(25)5-10)19-3-4-20(30-19)23-12-6-15(26)17(28)8-21(12)31-22-9-18(29)16(27)7-13(22)23/h1-9,26-28H. The molecule has 6 nitrogen and oxygen atoms in total. The van der Waals surface area contributed by atoms with Crippen LogP contribution in [0.4, 0.5) is 0 Å². The van der Waals surface area contributed by atoms with E-state index in [-0.39, 0.29) is 22.8 Å². The van der Waals surface area contributed by atoms with Crippen LogP contribution in [0, 0.1) is 0 Å². The Bertz CT molecular complexity index is 1520. The number of phenols is 3. The topological polar surface area (TPSA) is 104 Å². The number of furan rings is 1. The van der Waals surface area contributed by atoms with Crippen molar-refractivity contribution in [3.8, 4) is 51.2 Å². The van der Waals surface area contributed by atoms with Gasteiger partial charge in [0.05, 0.1) is 5.02 Å². The number of phenolic OH excluding ortho intramolecular Hbond substituents is 3. The second-order valence-electron chi connectivity index (χ2n) is 6.92. The third-order valence-corrected chi connectivity index (χ3v) is 5.49. The molecule has 1 aliphatic carbocycles. The zero-order chi connectivity index (χ0) is 21.9. The molecule has 1 aliphatic heterocycles. The van der Waals surface area contributed by atoms with Crippen molar-refractivity contribution in [2.45, 2.75) is 0 Å². The molecule has 0 amide bonds. The molecule has 8 heteroatoms. The average Bonchev–Trinajstić information content (AvgIpc) is 3.18. The summed E-state index contributed by atoms with van der Waals surface area (Å²) in [6, 6.07) is 13.4. The van der Waals surface area contributed by atoms with Gasteiger partial charge in [-0.1, -0.05) is 23.2 Å². The van der Waals surface area contributed by atoms with Crippen LogP contribution >= 0.6 is 23.2 Å². The molecule has 0 saturated heterocycles. The SMILES string of the molecule is O=c1cc2oc3cc(O)c(O)cc3c(-c3ccc(-c4ccc(Cl)cc4Cl)o3)c-2cc1O. The third-order valence-electron chi connectivity index (χ3n) is 4.95. The van der Waals surface area contributed by atoms with Gasteiger partial charge >= 0.3 is 0 Å². The minimum absolute atomic E-state index is 0.179. The maximum absolute atomic E-state index is 11.9. The lowest BCUT2D eigenvalue weighted by molar-refractivity contribution is 0.403. The highest BCUT2D eigenvalue weighted by atomic mass is 35.5. The molecule has 0 fully saturated rings. The van der Waals surface area contributed by atoms with Gasteiger partial charge in [-0.15, -0.1) is 0 Å². The Labute approximate surface area is 184 Å². The van der Waals surface area contributed by atoms with Gasteiger partial charge in [-0.2, -0.15) is 0 Å². The molecule has 2 heterocycles. The Balaban J connectivity index is 1.83. The quantitative estimate of drug-likeness (QED) is 0.215. The lowest BCUT2D eigenvalue weighted by atomic mass is 9.97. The monoisotopic (exact) mass is 454 g/mol. The van der Waals surface area contributed by atoms with Crippen LogP contribution in [0.25, 0.3) is 44.9 Å². The largest absolute Gasteiger partial charge is 0.504 e. The Hall–Kier alpha value is -3.61. The van der Waals surface area contributed by atoms with E-state index in [1.165, 1.54) is 18.2 Å². The first-order chi connectivity index (χ1) is 14.8. The van der Waals surface area contributed by atoms with Gasteiger partial charge in [0.1, 0.15) is 22.9 Å². The Morgan fingerprint density at radius 3 is 2.19 bits per heavy atom. The molecule has 3 N–H and O–H groups in total. The highest BCUT2D eigenvalue weighted by Gasteiger charge is 2.23. The van der Waals surface area contributed by atoms with Gasteiger partial charge in [0.15, 0.2) is 17.2 Å². The van der Waals surface area contributed by atoms with E-state index in [0.717, 1.165) is 6.07 Å². The number of hydrogen-bond acceptors (Lipinski definition) is 6. The number of benzene rings is 3. The van der Waals surface area contributed by atoms with Gasteiger partial charge in [-0.05, 0) is 42.5 Å². The first kappa shape index (κ1) is 19.4. The van der Waals surface area contributed by atoms with Crippen molar-refractivity contribution < 1.29 is 24.2 Å². The van der Waals surface area contributed by atoms with Crippen LogP contribution in [0.15, 0.2) is 68.2 Å². The van der Waals surface area contributed by atoms with E-state index >= 15 is 0 Å². The molecule has 0 saturated carbocycles. The molecule has 0 bridgehead atoms. The van der Waals surface area contributed by atoms with Gasteiger partial charge in [0.2, 0.25) is 5.43 Å². The smallest absolute Gasteiger partial charge is 0.223 e. The van der Waals surface area contributed by atoms with Gasteiger partial charge < -0.3 is 24.2 Å². The van der Waals surface area contributed by atoms with Gasteiger partial charge in [0.25, 0.3) is 0 Å². The van der Waals surface area contributed by atoms with E-state index in [1.807, 2.05) is 0 Å². The van der Waals surface area contributed by atoms with E-state index in [2.05, 4.69) is 0 Å². The minimum Gasteiger partial charge on any atom is -0.504 e. The molecule has 0 atom stereocenters. The normalized spacial score (nSPS) is 11.4. The molecule has 1 aromatic heterocycles. The van der Waals surface area contributed by atoms with Crippen molar-refractivity contribution in [2.24, 2.45) is 0 Å². The number of halogens is 2. The van der Waals surface area contributed by atoms with Crippen LogP contribution in [0.5, 0.6) is 17.2 Å². The van der Waals surface area contributed by atoms with Crippen LogP contribution in [0.1, 0.15) is 0 Å². The molecule has 154 valence electrons. The van der Waals surface area contributed by atoms with E-state index in [0.29, 0.717) is 43.6 Å². The van der Waals surface area contributed by atoms with Crippen LogP contribution in [0.3, 0.4) is 0 Å². The summed E-state index contributed by atoms with van der Waals surface area (Å²) in [4.78, 5) is 11.9. The molecule has 0 radical (unpaired) electrons. The average molecular weight is 455 g/mol. The zero-order valence-electron chi connectivity index (χ0n) is 15.5. The summed E-state index contributed by atoms with van der Waals surface area (Å²) in [5.74, 6) is -0.186.